The molecule has 0 spiro atoms. The summed E-state index contributed by atoms with van der Waals surface area (Å²) in [6, 6.07) is 4.93. The zero-order valence-corrected chi connectivity index (χ0v) is 12.7. The molecule has 114 valence electrons. The maximum Gasteiger partial charge on any atom is 0.251 e. The lowest BCUT2D eigenvalue weighted by Gasteiger charge is -2.11. The molecule has 1 aliphatic heterocycles. The monoisotopic (exact) mass is 311 g/mol. The first kappa shape index (κ1) is 15.5. The summed E-state index contributed by atoms with van der Waals surface area (Å²) in [6.07, 6.45) is 0.318. The minimum atomic E-state index is -3.33. The van der Waals surface area contributed by atoms with E-state index in [2.05, 4.69) is 10.6 Å². The summed E-state index contributed by atoms with van der Waals surface area (Å²) in [4.78, 5) is 23.2. The number of fused-ring (bicyclic) bond motifs is 1. The van der Waals surface area contributed by atoms with E-state index in [9.17, 15) is 18.0 Å². The summed E-state index contributed by atoms with van der Waals surface area (Å²) in [6.45, 7) is 0.0305. The number of nitrogens with one attached hydrogen (secondary N) is 2. The van der Waals surface area contributed by atoms with Gasteiger partial charge in [-0.1, -0.05) is 6.07 Å². The van der Waals surface area contributed by atoms with Crippen LogP contribution in [0, 0.1) is 0 Å². The topological polar surface area (TPSA) is 95.6 Å². The van der Waals surface area contributed by atoms with Crippen molar-refractivity contribution in [3.63, 3.8) is 0 Å². The highest BCUT2D eigenvalue weighted by atomic mass is 32.2. The van der Waals surface area contributed by atoms with E-state index in [0.29, 0.717) is 17.7 Å². The number of carbonyl (C=O) groups is 2. The standard InChI is InChI=1S/C13H17N3O4S/c1-16(2)21(19,20)6-5-14-13(18)10-4-3-9-8-12(17)15-11(9)7-10/h3-4,7H,5-6,8H2,1-2H3,(H,14,18)(H,15,17). The van der Waals surface area contributed by atoms with Crippen LogP contribution in [0.3, 0.4) is 0 Å². The number of hydrogen-bond acceptors (Lipinski definition) is 4. The van der Waals surface area contributed by atoms with Crippen LogP contribution in [-0.4, -0.2) is 50.9 Å². The quantitative estimate of drug-likeness (QED) is 0.787. The Hall–Kier alpha value is -1.93. The normalized spacial score (nSPS) is 14.0. The second kappa shape index (κ2) is 5.82. The Labute approximate surface area is 123 Å². The largest absolute Gasteiger partial charge is 0.351 e. The molecule has 1 aromatic carbocycles. The van der Waals surface area contributed by atoms with Gasteiger partial charge >= 0.3 is 0 Å². The van der Waals surface area contributed by atoms with Gasteiger partial charge in [0.1, 0.15) is 0 Å². The molecule has 0 saturated heterocycles. The Morgan fingerprint density at radius 2 is 2.10 bits per heavy atom. The van der Waals surface area contributed by atoms with Crippen molar-refractivity contribution in [1.29, 1.82) is 0 Å². The van der Waals surface area contributed by atoms with Gasteiger partial charge in [-0.25, -0.2) is 12.7 Å². The van der Waals surface area contributed by atoms with E-state index >= 15 is 0 Å². The third-order valence-electron chi connectivity index (χ3n) is 3.20. The van der Waals surface area contributed by atoms with Gasteiger partial charge in [0.2, 0.25) is 15.9 Å². The molecule has 7 nitrogen and oxygen atoms in total. The number of rotatable bonds is 5. The zero-order valence-electron chi connectivity index (χ0n) is 11.8. The van der Waals surface area contributed by atoms with E-state index in [1.54, 1.807) is 18.2 Å². The lowest BCUT2D eigenvalue weighted by atomic mass is 10.1. The minimum Gasteiger partial charge on any atom is -0.351 e. The van der Waals surface area contributed by atoms with Crippen LogP contribution in [0.15, 0.2) is 18.2 Å². The Morgan fingerprint density at radius 3 is 2.76 bits per heavy atom. The van der Waals surface area contributed by atoms with Gasteiger partial charge in [-0.2, -0.15) is 0 Å². The number of sulfonamides is 1. The number of benzene rings is 1. The summed E-state index contributed by atoms with van der Waals surface area (Å²) in [5, 5.41) is 5.22. The molecular weight excluding hydrogens is 294 g/mol. The summed E-state index contributed by atoms with van der Waals surface area (Å²) >= 11 is 0. The molecule has 0 radical (unpaired) electrons. The summed E-state index contributed by atoms with van der Waals surface area (Å²) in [5.41, 5.74) is 1.87. The summed E-state index contributed by atoms with van der Waals surface area (Å²) < 4.78 is 24.2. The molecule has 2 N–H and O–H groups in total. The molecule has 1 aliphatic rings. The van der Waals surface area contributed by atoms with Crippen LogP contribution in [0.2, 0.25) is 0 Å². The fourth-order valence-electron chi connectivity index (χ4n) is 1.93. The van der Waals surface area contributed by atoms with Gasteiger partial charge in [0.25, 0.3) is 5.91 Å². The van der Waals surface area contributed by atoms with Gasteiger partial charge in [-0.15, -0.1) is 0 Å². The molecule has 21 heavy (non-hydrogen) atoms. The second-order valence-electron chi connectivity index (χ2n) is 4.95. The predicted molar refractivity (Wildman–Crippen MR) is 78.6 cm³/mol. The predicted octanol–water partition coefficient (Wildman–Crippen LogP) is -0.198. The molecule has 0 aliphatic carbocycles. The molecule has 1 heterocycles. The number of carbonyl (C=O) groups excluding carboxylic acids is 2. The Balaban J connectivity index is 1.96. The number of anilines is 1. The van der Waals surface area contributed by atoms with Crippen LogP contribution in [0.4, 0.5) is 5.69 Å². The smallest absolute Gasteiger partial charge is 0.251 e. The van der Waals surface area contributed by atoms with Crippen molar-refractivity contribution in [3.05, 3.63) is 29.3 Å². The van der Waals surface area contributed by atoms with Gasteiger partial charge in [-0.05, 0) is 17.7 Å². The fraction of sp³-hybridized carbons (Fsp3) is 0.385. The average Bonchev–Trinajstić information content (AvgIpc) is 2.77. The molecule has 0 bridgehead atoms. The van der Waals surface area contributed by atoms with Gasteiger partial charge in [0.15, 0.2) is 0 Å². The maximum absolute atomic E-state index is 11.9. The third kappa shape index (κ3) is 3.59. The van der Waals surface area contributed by atoms with Crippen LogP contribution in [0.1, 0.15) is 15.9 Å². The first-order chi connectivity index (χ1) is 9.79. The molecule has 1 aromatic rings. The average molecular weight is 311 g/mol. The zero-order chi connectivity index (χ0) is 15.6. The van der Waals surface area contributed by atoms with Gasteiger partial charge in [-0.3, -0.25) is 9.59 Å². The van der Waals surface area contributed by atoms with Gasteiger partial charge in [0, 0.05) is 31.9 Å². The first-order valence-electron chi connectivity index (χ1n) is 6.41. The van der Waals surface area contributed by atoms with Gasteiger partial charge in [0.05, 0.1) is 12.2 Å². The van der Waals surface area contributed by atoms with E-state index in [1.807, 2.05) is 0 Å². The lowest BCUT2D eigenvalue weighted by Crippen LogP contribution is -2.33. The Bertz CT molecular complexity index is 683. The minimum absolute atomic E-state index is 0.0305. The Morgan fingerprint density at radius 1 is 1.38 bits per heavy atom. The number of amides is 2. The second-order valence-corrected chi connectivity index (χ2v) is 7.25. The summed E-state index contributed by atoms with van der Waals surface area (Å²) in [5.74, 6) is -0.625. The van der Waals surface area contributed by atoms with Crippen LogP contribution in [0.5, 0.6) is 0 Å². The lowest BCUT2D eigenvalue weighted by molar-refractivity contribution is -0.115. The number of nitrogens with zero attached hydrogens (tertiary/aromatic N) is 1. The van der Waals surface area contributed by atoms with Crippen molar-refractivity contribution in [3.8, 4) is 0 Å². The van der Waals surface area contributed by atoms with Crippen molar-refractivity contribution in [2.75, 3.05) is 31.7 Å². The van der Waals surface area contributed by atoms with Crippen LogP contribution in [-0.2, 0) is 21.2 Å². The molecular formula is C13H17N3O4S. The SMILES string of the molecule is CN(C)S(=O)(=O)CCNC(=O)c1ccc2c(c1)NC(=O)C2. The molecule has 0 fully saturated rings. The van der Waals surface area contributed by atoms with Crippen molar-refractivity contribution in [2.24, 2.45) is 0 Å². The van der Waals surface area contributed by atoms with E-state index in [1.165, 1.54) is 14.1 Å². The van der Waals surface area contributed by atoms with E-state index in [0.717, 1.165) is 9.87 Å². The Kier molecular flexibility index (Phi) is 4.29. The molecule has 0 aromatic heterocycles. The number of hydrogen-bond donors (Lipinski definition) is 2. The van der Waals surface area contributed by atoms with Crippen molar-refractivity contribution in [1.82, 2.24) is 9.62 Å². The van der Waals surface area contributed by atoms with Gasteiger partial charge < -0.3 is 10.6 Å². The van der Waals surface area contributed by atoms with E-state index in [-0.39, 0.29) is 24.1 Å². The molecule has 0 saturated carbocycles. The van der Waals surface area contributed by atoms with E-state index < -0.39 is 10.0 Å². The van der Waals surface area contributed by atoms with Crippen LogP contribution < -0.4 is 10.6 Å². The first-order valence-corrected chi connectivity index (χ1v) is 8.02. The van der Waals surface area contributed by atoms with Crippen molar-refractivity contribution in [2.45, 2.75) is 6.42 Å². The molecule has 0 atom stereocenters. The van der Waals surface area contributed by atoms with Crippen LogP contribution >= 0.6 is 0 Å². The fourth-order valence-corrected chi connectivity index (χ4v) is 2.66. The highest BCUT2D eigenvalue weighted by Crippen LogP contribution is 2.23. The highest BCUT2D eigenvalue weighted by molar-refractivity contribution is 7.89. The van der Waals surface area contributed by atoms with Crippen LogP contribution in [0.25, 0.3) is 0 Å². The third-order valence-corrected chi connectivity index (χ3v) is 5.03. The molecule has 2 amide bonds. The van der Waals surface area contributed by atoms with Crippen molar-refractivity contribution < 1.29 is 18.0 Å². The highest BCUT2D eigenvalue weighted by Gasteiger charge is 2.19. The molecule has 0 unspecified atom stereocenters. The molecule has 2 rings (SSSR count). The van der Waals surface area contributed by atoms with Crippen molar-refractivity contribution >= 4 is 27.5 Å². The van der Waals surface area contributed by atoms with E-state index in [4.69, 9.17) is 0 Å². The maximum atomic E-state index is 11.9. The summed E-state index contributed by atoms with van der Waals surface area (Å²) in [7, 11) is -0.442. The molecule has 8 heteroatoms.